The van der Waals surface area contributed by atoms with Crippen LogP contribution in [0.1, 0.15) is 31.7 Å². The summed E-state index contributed by atoms with van der Waals surface area (Å²) in [6.45, 7) is 1.95. The van der Waals surface area contributed by atoms with Gasteiger partial charge in [0.05, 0.1) is 7.11 Å². The lowest BCUT2D eigenvalue weighted by atomic mass is 9.68. The lowest BCUT2D eigenvalue weighted by Crippen LogP contribution is -2.46. The Hall–Kier alpha value is -1.84. The highest BCUT2D eigenvalue weighted by atomic mass is 16.6. The SMILES string of the molecule is COc1ccc(C2=NO[C@H]3CCCC(=O)[C@@]23C)cc1. The van der Waals surface area contributed by atoms with Crippen LogP contribution in [0.4, 0.5) is 0 Å². The molecule has 1 aromatic rings. The van der Waals surface area contributed by atoms with Gasteiger partial charge in [0.15, 0.2) is 0 Å². The van der Waals surface area contributed by atoms with Crippen molar-refractivity contribution in [2.75, 3.05) is 7.11 Å². The number of methoxy groups -OCH3 is 1. The molecule has 0 saturated heterocycles. The molecule has 0 aromatic heterocycles. The number of Topliss-reactive ketones (excluding diaryl/α,β-unsaturated/α-hetero) is 1. The molecular weight excluding hydrogens is 242 g/mol. The standard InChI is InChI=1S/C15H17NO3/c1-15-12(17)4-3-5-13(15)19-16-14(15)10-6-8-11(18-2)9-7-10/h6-9,13H,3-5H2,1-2H3/t13-,15+/m0/s1. The van der Waals surface area contributed by atoms with E-state index in [1.54, 1.807) is 7.11 Å². The molecule has 4 nitrogen and oxygen atoms in total. The van der Waals surface area contributed by atoms with Crippen LogP contribution >= 0.6 is 0 Å². The molecule has 1 aliphatic carbocycles. The van der Waals surface area contributed by atoms with Crippen LogP contribution < -0.4 is 4.74 Å². The molecule has 1 fully saturated rings. The summed E-state index contributed by atoms with van der Waals surface area (Å²) in [5, 5.41) is 4.18. The van der Waals surface area contributed by atoms with E-state index in [0.717, 1.165) is 29.9 Å². The molecule has 100 valence electrons. The number of hydrogen-bond acceptors (Lipinski definition) is 4. The molecule has 0 N–H and O–H groups in total. The Bertz CT molecular complexity index is 535. The Morgan fingerprint density at radius 3 is 2.79 bits per heavy atom. The van der Waals surface area contributed by atoms with Crippen molar-refractivity contribution in [3.8, 4) is 5.75 Å². The van der Waals surface area contributed by atoms with Gasteiger partial charge >= 0.3 is 0 Å². The van der Waals surface area contributed by atoms with Gasteiger partial charge in [-0.05, 0) is 44.0 Å². The highest BCUT2D eigenvalue weighted by Crippen LogP contribution is 2.42. The average molecular weight is 259 g/mol. The van der Waals surface area contributed by atoms with E-state index in [4.69, 9.17) is 9.57 Å². The maximum Gasteiger partial charge on any atom is 0.148 e. The van der Waals surface area contributed by atoms with Gasteiger partial charge in [0.2, 0.25) is 0 Å². The van der Waals surface area contributed by atoms with E-state index in [1.165, 1.54) is 0 Å². The zero-order valence-corrected chi connectivity index (χ0v) is 11.2. The highest BCUT2D eigenvalue weighted by molar-refractivity contribution is 6.18. The average Bonchev–Trinajstić information content (AvgIpc) is 2.78. The second kappa shape index (κ2) is 4.37. The molecule has 3 rings (SSSR count). The maximum atomic E-state index is 12.3. The first kappa shape index (κ1) is 12.2. The third-order valence-electron chi connectivity index (χ3n) is 4.22. The molecule has 2 atom stereocenters. The van der Waals surface area contributed by atoms with Gasteiger partial charge in [-0.15, -0.1) is 0 Å². The van der Waals surface area contributed by atoms with Gasteiger partial charge in [-0.25, -0.2) is 0 Å². The van der Waals surface area contributed by atoms with E-state index in [9.17, 15) is 4.79 Å². The summed E-state index contributed by atoms with van der Waals surface area (Å²) >= 11 is 0. The second-order valence-corrected chi connectivity index (χ2v) is 5.28. The molecule has 1 saturated carbocycles. The normalized spacial score (nSPS) is 29.5. The summed E-state index contributed by atoms with van der Waals surface area (Å²) in [5.74, 6) is 1.02. The summed E-state index contributed by atoms with van der Waals surface area (Å²) in [4.78, 5) is 17.8. The van der Waals surface area contributed by atoms with Crippen molar-refractivity contribution in [2.45, 2.75) is 32.3 Å². The Kier molecular flexibility index (Phi) is 2.81. The minimum Gasteiger partial charge on any atom is -0.497 e. The monoisotopic (exact) mass is 259 g/mol. The van der Waals surface area contributed by atoms with Crippen molar-refractivity contribution >= 4 is 11.5 Å². The van der Waals surface area contributed by atoms with E-state index in [-0.39, 0.29) is 11.9 Å². The number of carbonyl (C=O) groups excluding carboxylic acids is 1. The number of hydrogen-bond donors (Lipinski definition) is 0. The number of nitrogens with zero attached hydrogens (tertiary/aromatic N) is 1. The topological polar surface area (TPSA) is 47.9 Å². The van der Waals surface area contributed by atoms with Crippen LogP contribution in [0.2, 0.25) is 0 Å². The summed E-state index contributed by atoms with van der Waals surface area (Å²) < 4.78 is 5.15. The number of rotatable bonds is 2. The van der Waals surface area contributed by atoms with Gasteiger partial charge in [0, 0.05) is 12.0 Å². The Balaban J connectivity index is 1.97. The molecule has 1 aliphatic heterocycles. The molecule has 0 radical (unpaired) electrons. The Labute approximate surface area is 112 Å². The largest absolute Gasteiger partial charge is 0.497 e. The molecule has 1 heterocycles. The molecule has 1 aromatic carbocycles. The Morgan fingerprint density at radius 1 is 1.37 bits per heavy atom. The lowest BCUT2D eigenvalue weighted by Gasteiger charge is -2.32. The minimum atomic E-state index is -0.590. The molecule has 0 bridgehead atoms. The number of fused-ring (bicyclic) bond motifs is 1. The van der Waals surface area contributed by atoms with Crippen molar-refractivity contribution in [3.63, 3.8) is 0 Å². The summed E-state index contributed by atoms with van der Waals surface area (Å²) in [5.41, 5.74) is 1.10. The number of benzene rings is 1. The van der Waals surface area contributed by atoms with Crippen molar-refractivity contribution in [1.82, 2.24) is 0 Å². The third kappa shape index (κ3) is 1.74. The zero-order chi connectivity index (χ0) is 13.5. The number of oxime groups is 1. The molecule has 0 unspecified atom stereocenters. The minimum absolute atomic E-state index is 0.106. The molecular formula is C15H17NO3. The van der Waals surface area contributed by atoms with Crippen LogP contribution in [0.15, 0.2) is 29.4 Å². The molecule has 2 aliphatic rings. The zero-order valence-electron chi connectivity index (χ0n) is 11.2. The first-order valence-corrected chi connectivity index (χ1v) is 6.58. The fraction of sp³-hybridized carbons (Fsp3) is 0.467. The molecule has 4 heteroatoms. The van der Waals surface area contributed by atoms with Crippen LogP contribution in [0, 0.1) is 5.41 Å². The highest BCUT2D eigenvalue weighted by Gasteiger charge is 2.53. The van der Waals surface area contributed by atoms with Gasteiger partial charge in [0.25, 0.3) is 0 Å². The van der Waals surface area contributed by atoms with Crippen LogP contribution in [0.3, 0.4) is 0 Å². The van der Waals surface area contributed by atoms with Gasteiger partial charge < -0.3 is 9.57 Å². The fourth-order valence-corrected chi connectivity index (χ4v) is 2.93. The first-order valence-electron chi connectivity index (χ1n) is 6.58. The van der Waals surface area contributed by atoms with Crippen molar-refractivity contribution in [3.05, 3.63) is 29.8 Å². The van der Waals surface area contributed by atoms with Crippen LogP contribution in [-0.2, 0) is 9.63 Å². The second-order valence-electron chi connectivity index (χ2n) is 5.28. The van der Waals surface area contributed by atoms with Crippen molar-refractivity contribution in [2.24, 2.45) is 10.6 Å². The maximum absolute atomic E-state index is 12.3. The summed E-state index contributed by atoms with van der Waals surface area (Å²) in [6.07, 6.45) is 2.30. The Morgan fingerprint density at radius 2 is 2.11 bits per heavy atom. The third-order valence-corrected chi connectivity index (χ3v) is 4.22. The van der Waals surface area contributed by atoms with Crippen molar-refractivity contribution < 1.29 is 14.4 Å². The van der Waals surface area contributed by atoms with E-state index < -0.39 is 5.41 Å². The predicted octanol–water partition coefficient (Wildman–Crippen LogP) is 2.56. The smallest absolute Gasteiger partial charge is 0.148 e. The number of ketones is 1. The number of ether oxygens (including phenoxy) is 1. The van der Waals surface area contributed by atoms with E-state index in [2.05, 4.69) is 5.16 Å². The van der Waals surface area contributed by atoms with E-state index in [1.807, 2.05) is 31.2 Å². The molecule has 0 spiro atoms. The lowest BCUT2D eigenvalue weighted by molar-refractivity contribution is -0.132. The van der Waals surface area contributed by atoms with Gasteiger partial charge in [-0.1, -0.05) is 5.16 Å². The summed E-state index contributed by atoms with van der Waals surface area (Å²) in [7, 11) is 1.63. The number of carbonyl (C=O) groups is 1. The van der Waals surface area contributed by atoms with Crippen LogP contribution in [0.25, 0.3) is 0 Å². The van der Waals surface area contributed by atoms with Crippen LogP contribution in [-0.4, -0.2) is 24.7 Å². The summed E-state index contributed by atoms with van der Waals surface area (Å²) in [6, 6.07) is 7.61. The van der Waals surface area contributed by atoms with E-state index in [0.29, 0.717) is 6.42 Å². The first-order chi connectivity index (χ1) is 9.16. The van der Waals surface area contributed by atoms with Gasteiger partial charge in [-0.3, -0.25) is 4.79 Å². The van der Waals surface area contributed by atoms with Crippen LogP contribution in [0.5, 0.6) is 5.75 Å². The fourth-order valence-electron chi connectivity index (χ4n) is 2.93. The van der Waals surface area contributed by atoms with E-state index >= 15 is 0 Å². The quantitative estimate of drug-likeness (QED) is 0.820. The molecule has 0 amide bonds. The molecule has 19 heavy (non-hydrogen) atoms. The van der Waals surface area contributed by atoms with Gasteiger partial charge in [-0.2, -0.15) is 0 Å². The van der Waals surface area contributed by atoms with Gasteiger partial charge in [0.1, 0.15) is 28.8 Å². The predicted molar refractivity (Wildman–Crippen MR) is 71.4 cm³/mol. The van der Waals surface area contributed by atoms with Crippen molar-refractivity contribution in [1.29, 1.82) is 0 Å².